The zero-order chi connectivity index (χ0) is 10.3. The van der Waals surface area contributed by atoms with Crippen LogP contribution < -0.4 is 0 Å². The minimum absolute atomic E-state index is 0.156. The van der Waals surface area contributed by atoms with E-state index in [1.54, 1.807) is 6.20 Å². The topological polar surface area (TPSA) is 50.2 Å². The van der Waals surface area contributed by atoms with Gasteiger partial charge in [0.25, 0.3) is 0 Å². The van der Waals surface area contributed by atoms with Gasteiger partial charge in [0.05, 0.1) is 5.02 Å². The van der Waals surface area contributed by atoms with Gasteiger partial charge in [-0.25, -0.2) is 9.78 Å². The molecule has 2 heterocycles. The summed E-state index contributed by atoms with van der Waals surface area (Å²) in [6, 6.07) is 1.81. The molecule has 0 saturated heterocycles. The highest BCUT2D eigenvalue weighted by atomic mass is 35.5. The number of aryl methyl sites for hydroxylation is 1. The van der Waals surface area contributed by atoms with Gasteiger partial charge in [-0.3, -0.25) is 0 Å². The number of carboxylic acid groups (broad SMARTS) is 1. The summed E-state index contributed by atoms with van der Waals surface area (Å²) in [6.45, 7) is 1.88. The zero-order valence-electron chi connectivity index (χ0n) is 7.24. The van der Waals surface area contributed by atoms with E-state index in [4.69, 9.17) is 16.7 Å². The second-order valence-electron chi connectivity index (χ2n) is 2.86. The Morgan fingerprint density at radius 1 is 1.64 bits per heavy atom. The summed E-state index contributed by atoms with van der Waals surface area (Å²) < 4.78 is 0. The number of thiophene rings is 1. The van der Waals surface area contributed by atoms with Crippen LogP contribution in [0.3, 0.4) is 0 Å². The van der Waals surface area contributed by atoms with Crippen molar-refractivity contribution in [3.8, 4) is 0 Å². The number of carbonyl (C=O) groups is 1. The number of carboxylic acids is 1. The third kappa shape index (κ3) is 1.27. The summed E-state index contributed by atoms with van der Waals surface area (Å²) in [5, 5.41) is 9.90. The predicted octanol–water partition coefficient (Wildman–Crippen LogP) is 2.96. The third-order valence-corrected chi connectivity index (χ3v) is 3.51. The second kappa shape index (κ2) is 3.22. The monoisotopic (exact) mass is 227 g/mol. The number of fused-ring (bicyclic) bond motifs is 1. The van der Waals surface area contributed by atoms with Crippen molar-refractivity contribution in [2.75, 3.05) is 0 Å². The Hall–Kier alpha value is -1.13. The maximum Gasteiger partial charge on any atom is 0.347 e. The van der Waals surface area contributed by atoms with E-state index >= 15 is 0 Å². The first-order chi connectivity index (χ1) is 6.61. The molecule has 0 aliphatic carbocycles. The summed E-state index contributed by atoms with van der Waals surface area (Å²) in [4.78, 5) is 15.7. The number of rotatable bonds is 1. The van der Waals surface area contributed by atoms with Crippen LogP contribution in [0.4, 0.5) is 0 Å². The minimum Gasteiger partial charge on any atom is -0.477 e. The molecular formula is C9H6ClNO2S. The lowest BCUT2D eigenvalue weighted by Gasteiger charge is -1.94. The fraction of sp³-hybridized carbons (Fsp3) is 0.111. The van der Waals surface area contributed by atoms with E-state index in [0.29, 0.717) is 9.85 Å². The number of nitrogens with zero attached hydrogens (tertiary/aromatic N) is 1. The summed E-state index contributed by atoms with van der Waals surface area (Å²) in [5.74, 6) is -1.00. The number of pyridine rings is 1. The molecule has 0 aliphatic rings. The van der Waals surface area contributed by atoms with Crippen molar-refractivity contribution in [2.45, 2.75) is 6.92 Å². The first-order valence-electron chi connectivity index (χ1n) is 3.88. The maximum atomic E-state index is 10.8. The molecular weight excluding hydrogens is 222 g/mol. The summed E-state index contributed by atoms with van der Waals surface area (Å²) in [6.07, 6.45) is 1.65. The van der Waals surface area contributed by atoms with Crippen molar-refractivity contribution in [2.24, 2.45) is 0 Å². The van der Waals surface area contributed by atoms with Crippen molar-refractivity contribution in [1.82, 2.24) is 4.98 Å². The van der Waals surface area contributed by atoms with Gasteiger partial charge in [-0.15, -0.1) is 11.3 Å². The second-order valence-corrected chi connectivity index (χ2v) is 4.24. The van der Waals surface area contributed by atoms with Gasteiger partial charge in [0.15, 0.2) is 0 Å². The molecule has 14 heavy (non-hydrogen) atoms. The normalized spacial score (nSPS) is 10.7. The molecule has 0 fully saturated rings. The van der Waals surface area contributed by atoms with Crippen LogP contribution in [0.25, 0.3) is 10.2 Å². The van der Waals surface area contributed by atoms with Crippen molar-refractivity contribution in [3.63, 3.8) is 0 Å². The standard InChI is InChI=1S/C9H6ClNO2S/c1-4-2-3-11-8-5(4)6(10)7(14-8)9(12)13/h2-3H,1H3,(H,12,13). The van der Waals surface area contributed by atoms with Gasteiger partial charge < -0.3 is 5.11 Å². The molecule has 2 rings (SSSR count). The highest BCUT2D eigenvalue weighted by Crippen LogP contribution is 2.35. The van der Waals surface area contributed by atoms with Gasteiger partial charge in [-0.05, 0) is 18.6 Å². The molecule has 0 unspecified atom stereocenters. The Balaban J connectivity index is 2.87. The molecule has 0 saturated carbocycles. The van der Waals surface area contributed by atoms with Gasteiger partial charge in [0.1, 0.15) is 9.71 Å². The molecule has 3 nitrogen and oxygen atoms in total. The van der Waals surface area contributed by atoms with Gasteiger partial charge in [0.2, 0.25) is 0 Å². The Labute approximate surface area is 89.0 Å². The molecule has 1 N–H and O–H groups in total. The number of hydrogen-bond donors (Lipinski definition) is 1. The highest BCUT2D eigenvalue weighted by molar-refractivity contribution is 7.21. The van der Waals surface area contributed by atoms with Crippen LogP contribution in [-0.4, -0.2) is 16.1 Å². The largest absolute Gasteiger partial charge is 0.477 e. The van der Waals surface area contributed by atoms with E-state index in [1.165, 1.54) is 0 Å². The first-order valence-corrected chi connectivity index (χ1v) is 5.07. The first kappa shape index (κ1) is 9.43. The third-order valence-electron chi connectivity index (χ3n) is 1.94. The summed E-state index contributed by atoms with van der Waals surface area (Å²) >= 11 is 7.05. The molecule has 0 amide bonds. The van der Waals surface area contributed by atoms with E-state index in [2.05, 4.69) is 4.98 Å². The molecule has 0 radical (unpaired) electrons. The fourth-order valence-corrected chi connectivity index (χ4v) is 2.71. The number of hydrogen-bond acceptors (Lipinski definition) is 3. The number of halogens is 1. The maximum absolute atomic E-state index is 10.8. The van der Waals surface area contributed by atoms with Gasteiger partial charge >= 0.3 is 5.97 Å². The molecule has 0 aliphatic heterocycles. The number of aromatic carboxylic acids is 1. The van der Waals surface area contributed by atoms with Crippen LogP contribution >= 0.6 is 22.9 Å². The van der Waals surface area contributed by atoms with Crippen molar-refractivity contribution in [1.29, 1.82) is 0 Å². The Kier molecular flexibility index (Phi) is 2.17. The Morgan fingerprint density at radius 3 is 2.93 bits per heavy atom. The quantitative estimate of drug-likeness (QED) is 0.815. The molecule has 5 heteroatoms. The zero-order valence-corrected chi connectivity index (χ0v) is 8.82. The average Bonchev–Trinajstić information content (AvgIpc) is 2.45. The Morgan fingerprint density at radius 2 is 2.36 bits per heavy atom. The lowest BCUT2D eigenvalue weighted by Crippen LogP contribution is -1.91. The van der Waals surface area contributed by atoms with E-state index in [-0.39, 0.29) is 4.88 Å². The van der Waals surface area contributed by atoms with Crippen molar-refractivity contribution < 1.29 is 9.90 Å². The highest BCUT2D eigenvalue weighted by Gasteiger charge is 2.17. The van der Waals surface area contributed by atoms with E-state index in [0.717, 1.165) is 22.3 Å². The molecule has 0 atom stereocenters. The van der Waals surface area contributed by atoms with E-state index < -0.39 is 5.97 Å². The minimum atomic E-state index is -1.00. The van der Waals surface area contributed by atoms with Gasteiger partial charge in [0, 0.05) is 11.6 Å². The predicted molar refractivity (Wildman–Crippen MR) is 56.3 cm³/mol. The summed E-state index contributed by atoms with van der Waals surface area (Å²) in [7, 11) is 0. The van der Waals surface area contributed by atoms with Crippen LogP contribution in [0.1, 0.15) is 15.2 Å². The molecule has 0 aromatic carbocycles. The average molecular weight is 228 g/mol. The molecule has 0 spiro atoms. The molecule has 2 aromatic heterocycles. The smallest absolute Gasteiger partial charge is 0.347 e. The molecule has 0 bridgehead atoms. The van der Waals surface area contributed by atoms with Crippen molar-refractivity contribution in [3.05, 3.63) is 27.7 Å². The summed E-state index contributed by atoms with van der Waals surface area (Å²) in [5.41, 5.74) is 0.948. The lowest BCUT2D eigenvalue weighted by atomic mass is 10.2. The number of aromatic nitrogens is 1. The van der Waals surface area contributed by atoms with Crippen LogP contribution in [0.15, 0.2) is 12.3 Å². The van der Waals surface area contributed by atoms with Crippen LogP contribution in [0, 0.1) is 6.92 Å². The van der Waals surface area contributed by atoms with E-state index in [1.807, 2.05) is 13.0 Å². The Bertz CT molecular complexity index is 521. The lowest BCUT2D eigenvalue weighted by molar-refractivity contribution is 0.0702. The van der Waals surface area contributed by atoms with Crippen LogP contribution in [-0.2, 0) is 0 Å². The van der Waals surface area contributed by atoms with Crippen molar-refractivity contribution >= 4 is 39.1 Å². The van der Waals surface area contributed by atoms with Gasteiger partial charge in [-0.2, -0.15) is 0 Å². The SMILES string of the molecule is Cc1ccnc2sc(C(=O)O)c(Cl)c12. The van der Waals surface area contributed by atoms with Crippen LogP contribution in [0.2, 0.25) is 5.02 Å². The fourth-order valence-electron chi connectivity index (χ4n) is 1.27. The van der Waals surface area contributed by atoms with Crippen LogP contribution in [0.5, 0.6) is 0 Å². The molecule has 72 valence electrons. The van der Waals surface area contributed by atoms with E-state index in [9.17, 15) is 4.79 Å². The van der Waals surface area contributed by atoms with Gasteiger partial charge in [-0.1, -0.05) is 11.6 Å². The molecule has 2 aromatic rings.